The molecule has 0 unspecified atom stereocenters. The number of amides is 2. The van der Waals surface area contributed by atoms with Crippen LogP contribution in [0, 0.1) is 0 Å². The van der Waals surface area contributed by atoms with Gasteiger partial charge in [-0.25, -0.2) is 0 Å². The van der Waals surface area contributed by atoms with Crippen molar-refractivity contribution in [2.75, 3.05) is 10.6 Å². The molecule has 0 heterocycles. The Balaban J connectivity index is 2.28. The molecule has 0 saturated heterocycles. The first-order chi connectivity index (χ1) is 12.6. The molecule has 0 saturated carbocycles. The molecule has 0 atom stereocenters. The zero-order valence-corrected chi connectivity index (χ0v) is 15.6. The Kier molecular flexibility index (Phi) is 6.73. The van der Waals surface area contributed by atoms with Gasteiger partial charge in [-0.1, -0.05) is 30.1 Å². The molecule has 0 aliphatic rings. The van der Waals surface area contributed by atoms with E-state index in [2.05, 4.69) is 10.6 Å². The summed E-state index contributed by atoms with van der Waals surface area (Å²) in [5, 5.41) is 5.03. The van der Waals surface area contributed by atoms with Crippen LogP contribution in [0.3, 0.4) is 0 Å². The lowest BCUT2D eigenvalue weighted by Crippen LogP contribution is -2.18. The molecule has 0 fully saturated rings. The van der Waals surface area contributed by atoms with Crippen molar-refractivity contribution in [1.29, 1.82) is 0 Å². The molecule has 0 radical (unpaired) electrons. The van der Waals surface area contributed by atoms with Gasteiger partial charge >= 0.3 is 6.18 Å². The zero-order valence-electron chi connectivity index (χ0n) is 14.1. The third-order valence-electron chi connectivity index (χ3n) is 3.52. The Bertz CT molecular complexity index is 870. The highest BCUT2D eigenvalue weighted by Crippen LogP contribution is 2.34. The van der Waals surface area contributed by atoms with Crippen molar-refractivity contribution in [3.63, 3.8) is 0 Å². The Morgan fingerprint density at radius 1 is 1.00 bits per heavy atom. The van der Waals surface area contributed by atoms with Crippen LogP contribution in [0.4, 0.5) is 24.5 Å². The quantitative estimate of drug-likeness (QED) is 0.624. The summed E-state index contributed by atoms with van der Waals surface area (Å²) in [6, 6.07) is 6.91. The third-order valence-corrected chi connectivity index (χ3v) is 4.07. The maximum atomic E-state index is 12.7. The minimum absolute atomic E-state index is 0.000442. The maximum absolute atomic E-state index is 12.7. The summed E-state index contributed by atoms with van der Waals surface area (Å²) >= 11 is 11.8. The average Bonchev–Trinajstić information content (AvgIpc) is 2.57. The second-order valence-corrected chi connectivity index (χ2v) is 6.48. The third kappa shape index (κ3) is 5.61. The second kappa shape index (κ2) is 8.63. The minimum atomic E-state index is -4.55. The summed E-state index contributed by atoms with van der Waals surface area (Å²) in [7, 11) is 0. The van der Waals surface area contributed by atoms with Gasteiger partial charge in [-0.05, 0) is 42.8 Å². The van der Waals surface area contributed by atoms with Crippen molar-refractivity contribution in [2.24, 2.45) is 0 Å². The average molecular weight is 419 g/mol. The van der Waals surface area contributed by atoms with Crippen molar-refractivity contribution in [3.8, 4) is 0 Å². The molecule has 0 aliphatic heterocycles. The number of halogens is 5. The van der Waals surface area contributed by atoms with Crippen LogP contribution in [-0.2, 0) is 11.0 Å². The molecule has 2 N–H and O–H groups in total. The van der Waals surface area contributed by atoms with Crippen molar-refractivity contribution < 1.29 is 22.8 Å². The van der Waals surface area contributed by atoms with E-state index in [1.807, 2.05) is 6.92 Å². The van der Waals surface area contributed by atoms with E-state index in [0.717, 1.165) is 18.2 Å². The van der Waals surface area contributed by atoms with Crippen molar-refractivity contribution in [1.82, 2.24) is 0 Å². The summed E-state index contributed by atoms with van der Waals surface area (Å²) in [5.74, 6) is -0.951. The standard InChI is InChI=1S/C18H15Cl2F3N2O2/c1-2-3-16(26)24-14-7-5-11(19)9-12(14)17(27)25-15-6-4-10(8-13(15)20)18(21,22)23/h4-9H,2-3H2,1H3,(H,24,26)(H,25,27). The van der Waals surface area contributed by atoms with Gasteiger partial charge in [0.15, 0.2) is 0 Å². The minimum Gasteiger partial charge on any atom is -0.325 e. The Hall–Kier alpha value is -2.25. The normalized spacial score (nSPS) is 11.2. The highest BCUT2D eigenvalue weighted by atomic mass is 35.5. The number of alkyl halides is 3. The first-order valence-electron chi connectivity index (χ1n) is 7.89. The molecule has 0 spiro atoms. The fourth-order valence-electron chi connectivity index (χ4n) is 2.24. The topological polar surface area (TPSA) is 58.2 Å². The number of anilines is 2. The van der Waals surface area contributed by atoms with Crippen LogP contribution in [0.1, 0.15) is 35.7 Å². The van der Waals surface area contributed by atoms with E-state index in [1.54, 1.807) is 0 Å². The van der Waals surface area contributed by atoms with Gasteiger partial charge in [0.1, 0.15) is 0 Å². The molecule has 144 valence electrons. The van der Waals surface area contributed by atoms with E-state index in [1.165, 1.54) is 18.2 Å². The van der Waals surface area contributed by atoms with E-state index in [0.29, 0.717) is 6.42 Å². The zero-order chi connectivity index (χ0) is 20.2. The number of nitrogens with one attached hydrogen (secondary N) is 2. The van der Waals surface area contributed by atoms with Crippen LogP contribution >= 0.6 is 23.2 Å². The Labute approximate surface area is 163 Å². The molecule has 27 heavy (non-hydrogen) atoms. The predicted octanol–water partition coefficient (Wildman–Crippen LogP) is 6.00. The summed E-state index contributed by atoms with van der Waals surface area (Å²) in [6.45, 7) is 1.83. The molecule has 2 aromatic carbocycles. The largest absolute Gasteiger partial charge is 0.416 e. The SMILES string of the molecule is CCCC(=O)Nc1ccc(Cl)cc1C(=O)Nc1ccc(C(F)(F)F)cc1Cl. The monoisotopic (exact) mass is 418 g/mol. The van der Waals surface area contributed by atoms with E-state index in [4.69, 9.17) is 23.2 Å². The molecule has 2 amide bonds. The van der Waals surface area contributed by atoms with E-state index in [-0.39, 0.29) is 39.3 Å². The van der Waals surface area contributed by atoms with Gasteiger partial charge in [0, 0.05) is 11.4 Å². The van der Waals surface area contributed by atoms with Gasteiger partial charge in [0.05, 0.1) is 27.5 Å². The van der Waals surface area contributed by atoms with Crippen LogP contribution in [0.5, 0.6) is 0 Å². The fraction of sp³-hybridized carbons (Fsp3) is 0.222. The van der Waals surface area contributed by atoms with Gasteiger partial charge in [-0.3, -0.25) is 9.59 Å². The predicted molar refractivity (Wildman–Crippen MR) is 99.4 cm³/mol. The lowest BCUT2D eigenvalue weighted by Gasteiger charge is -2.14. The summed E-state index contributed by atoms with van der Waals surface area (Å²) in [4.78, 5) is 24.4. The Morgan fingerprint density at radius 3 is 2.26 bits per heavy atom. The van der Waals surface area contributed by atoms with Crippen molar-refractivity contribution >= 4 is 46.4 Å². The lowest BCUT2D eigenvalue weighted by atomic mass is 10.1. The lowest BCUT2D eigenvalue weighted by molar-refractivity contribution is -0.137. The summed E-state index contributed by atoms with van der Waals surface area (Å²) in [6.07, 6.45) is -3.65. The van der Waals surface area contributed by atoms with Crippen LogP contribution < -0.4 is 10.6 Å². The molecule has 0 aliphatic carbocycles. The molecular weight excluding hydrogens is 404 g/mol. The highest BCUT2D eigenvalue weighted by Gasteiger charge is 2.31. The number of hydrogen-bond donors (Lipinski definition) is 2. The number of hydrogen-bond acceptors (Lipinski definition) is 2. The maximum Gasteiger partial charge on any atom is 0.416 e. The van der Waals surface area contributed by atoms with E-state index < -0.39 is 17.6 Å². The van der Waals surface area contributed by atoms with Crippen molar-refractivity contribution in [3.05, 3.63) is 57.6 Å². The molecule has 2 rings (SSSR count). The number of carbonyl (C=O) groups excluding carboxylic acids is 2. The second-order valence-electron chi connectivity index (χ2n) is 5.63. The van der Waals surface area contributed by atoms with Crippen LogP contribution in [0.15, 0.2) is 36.4 Å². The number of carbonyl (C=O) groups is 2. The molecule has 0 aromatic heterocycles. The molecule has 9 heteroatoms. The van der Waals surface area contributed by atoms with Gasteiger partial charge in [-0.2, -0.15) is 13.2 Å². The van der Waals surface area contributed by atoms with Gasteiger partial charge in [0.25, 0.3) is 5.91 Å². The number of rotatable bonds is 5. The Morgan fingerprint density at radius 2 is 1.67 bits per heavy atom. The van der Waals surface area contributed by atoms with Crippen LogP contribution in [-0.4, -0.2) is 11.8 Å². The molecule has 0 bridgehead atoms. The fourth-order valence-corrected chi connectivity index (χ4v) is 2.64. The first-order valence-corrected chi connectivity index (χ1v) is 8.65. The first kappa shape index (κ1) is 21.1. The van der Waals surface area contributed by atoms with Gasteiger partial charge in [0.2, 0.25) is 5.91 Å². The van der Waals surface area contributed by atoms with Crippen LogP contribution in [0.25, 0.3) is 0 Å². The molecule has 4 nitrogen and oxygen atoms in total. The smallest absolute Gasteiger partial charge is 0.325 e. The van der Waals surface area contributed by atoms with E-state index in [9.17, 15) is 22.8 Å². The van der Waals surface area contributed by atoms with Gasteiger partial charge in [-0.15, -0.1) is 0 Å². The summed E-state index contributed by atoms with van der Waals surface area (Å²) in [5.41, 5.74) is -0.637. The molecule has 2 aromatic rings. The van der Waals surface area contributed by atoms with Gasteiger partial charge < -0.3 is 10.6 Å². The van der Waals surface area contributed by atoms with Crippen LogP contribution in [0.2, 0.25) is 10.0 Å². The molecular formula is C18H15Cl2F3N2O2. The summed E-state index contributed by atoms with van der Waals surface area (Å²) < 4.78 is 38.1. The van der Waals surface area contributed by atoms with Crippen molar-refractivity contribution in [2.45, 2.75) is 25.9 Å². The highest BCUT2D eigenvalue weighted by molar-refractivity contribution is 6.34. The number of benzene rings is 2. The van der Waals surface area contributed by atoms with E-state index >= 15 is 0 Å².